The summed E-state index contributed by atoms with van der Waals surface area (Å²) in [5.74, 6) is -0.326. The van der Waals surface area contributed by atoms with Crippen LogP contribution in [0, 0.1) is 0 Å². The standard InChI is InChI=1S/C7H11N2O2/c1-3-7(4-2)5(10)8-6(11)9-7/h3-4H2,1-2H3,(H,9,11). The molecular weight excluding hydrogens is 144 g/mol. The van der Waals surface area contributed by atoms with Crippen LogP contribution >= 0.6 is 0 Å². The summed E-state index contributed by atoms with van der Waals surface area (Å²) in [6.07, 6.45) is 1.22. The second kappa shape index (κ2) is 2.53. The van der Waals surface area contributed by atoms with Crippen LogP contribution in [0.25, 0.3) is 0 Å². The predicted octanol–water partition coefficient (Wildman–Crippen LogP) is 0.399. The van der Waals surface area contributed by atoms with E-state index < -0.39 is 11.6 Å². The van der Waals surface area contributed by atoms with Gasteiger partial charge >= 0.3 is 6.03 Å². The molecule has 11 heavy (non-hydrogen) atoms. The number of carbonyl (C=O) groups excluding carboxylic acids is 2. The molecule has 0 spiro atoms. The van der Waals surface area contributed by atoms with E-state index in [4.69, 9.17) is 0 Å². The molecule has 61 valence electrons. The summed E-state index contributed by atoms with van der Waals surface area (Å²) in [5, 5.41) is 5.86. The van der Waals surface area contributed by atoms with Crippen LogP contribution in [0.1, 0.15) is 26.7 Å². The molecule has 0 aromatic carbocycles. The van der Waals surface area contributed by atoms with Crippen molar-refractivity contribution in [2.75, 3.05) is 0 Å². The first-order valence-corrected chi connectivity index (χ1v) is 3.73. The molecule has 1 aliphatic heterocycles. The number of hydrogen-bond acceptors (Lipinski definition) is 2. The summed E-state index contributed by atoms with van der Waals surface area (Å²) < 4.78 is 0. The summed E-state index contributed by atoms with van der Waals surface area (Å²) in [5.41, 5.74) is -0.697. The van der Waals surface area contributed by atoms with Gasteiger partial charge in [0.05, 0.1) is 0 Å². The molecule has 1 aliphatic rings. The third-order valence-corrected chi connectivity index (χ3v) is 2.17. The van der Waals surface area contributed by atoms with Gasteiger partial charge in [0.15, 0.2) is 0 Å². The van der Waals surface area contributed by atoms with Gasteiger partial charge in [-0.05, 0) is 12.8 Å². The van der Waals surface area contributed by atoms with Gasteiger partial charge in [0.2, 0.25) is 0 Å². The highest BCUT2D eigenvalue weighted by atomic mass is 16.2. The lowest BCUT2D eigenvalue weighted by molar-refractivity contribution is -0.124. The Morgan fingerprint density at radius 3 is 2.09 bits per heavy atom. The van der Waals surface area contributed by atoms with Gasteiger partial charge in [-0.3, -0.25) is 4.79 Å². The van der Waals surface area contributed by atoms with Crippen molar-refractivity contribution in [2.24, 2.45) is 0 Å². The third kappa shape index (κ3) is 1.08. The fraction of sp³-hybridized carbons (Fsp3) is 0.714. The van der Waals surface area contributed by atoms with Crippen molar-refractivity contribution in [1.82, 2.24) is 10.6 Å². The van der Waals surface area contributed by atoms with Gasteiger partial charge in [-0.1, -0.05) is 13.8 Å². The van der Waals surface area contributed by atoms with Crippen LogP contribution in [-0.2, 0) is 4.79 Å². The van der Waals surface area contributed by atoms with E-state index in [1.165, 1.54) is 0 Å². The minimum atomic E-state index is -0.697. The summed E-state index contributed by atoms with van der Waals surface area (Å²) in [7, 11) is 0. The average Bonchev–Trinajstić information content (AvgIpc) is 2.27. The highest BCUT2D eigenvalue weighted by Gasteiger charge is 2.44. The number of hydrogen-bond donors (Lipinski definition) is 1. The van der Waals surface area contributed by atoms with Gasteiger partial charge in [0.1, 0.15) is 5.54 Å². The first-order chi connectivity index (χ1) is 5.14. The van der Waals surface area contributed by atoms with Crippen LogP contribution in [0.2, 0.25) is 0 Å². The second-order valence-electron chi connectivity index (χ2n) is 2.64. The molecule has 1 rings (SSSR count). The number of amides is 3. The fourth-order valence-corrected chi connectivity index (χ4v) is 1.21. The van der Waals surface area contributed by atoms with Crippen LogP contribution in [0.4, 0.5) is 4.79 Å². The van der Waals surface area contributed by atoms with Crippen molar-refractivity contribution in [3.8, 4) is 0 Å². The van der Waals surface area contributed by atoms with Crippen molar-refractivity contribution in [3.63, 3.8) is 0 Å². The molecule has 0 unspecified atom stereocenters. The Labute approximate surface area is 65.3 Å². The number of urea groups is 1. The van der Waals surface area contributed by atoms with E-state index in [2.05, 4.69) is 10.6 Å². The Kier molecular flexibility index (Phi) is 1.85. The molecule has 1 radical (unpaired) electrons. The van der Waals surface area contributed by atoms with Gasteiger partial charge in [0, 0.05) is 0 Å². The Morgan fingerprint density at radius 1 is 1.36 bits per heavy atom. The number of nitrogens with one attached hydrogen (secondary N) is 1. The highest BCUT2D eigenvalue weighted by Crippen LogP contribution is 2.19. The zero-order valence-corrected chi connectivity index (χ0v) is 6.68. The van der Waals surface area contributed by atoms with Gasteiger partial charge in [-0.15, -0.1) is 0 Å². The molecule has 0 atom stereocenters. The van der Waals surface area contributed by atoms with Gasteiger partial charge < -0.3 is 5.32 Å². The molecule has 4 heteroatoms. The van der Waals surface area contributed by atoms with E-state index in [-0.39, 0.29) is 5.91 Å². The monoisotopic (exact) mass is 155 g/mol. The van der Waals surface area contributed by atoms with Crippen LogP contribution in [0.5, 0.6) is 0 Å². The molecule has 1 heterocycles. The maximum absolute atomic E-state index is 11.1. The Balaban J connectivity index is 2.84. The summed E-state index contributed by atoms with van der Waals surface area (Å²) in [6.45, 7) is 3.73. The van der Waals surface area contributed by atoms with Crippen LogP contribution in [0.3, 0.4) is 0 Å². The molecule has 3 amide bonds. The SMILES string of the molecule is CCC1(CC)NC(=O)[N]C1=O. The van der Waals surface area contributed by atoms with E-state index in [1.54, 1.807) is 0 Å². The van der Waals surface area contributed by atoms with Crippen molar-refractivity contribution in [2.45, 2.75) is 32.2 Å². The molecule has 0 aromatic heterocycles. The summed E-state index contributed by atoms with van der Waals surface area (Å²) in [6, 6.07) is -0.501. The molecule has 0 saturated carbocycles. The summed E-state index contributed by atoms with van der Waals surface area (Å²) >= 11 is 0. The van der Waals surface area contributed by atoms with Crippen molar-refractivity contribution >= 4 is 11.9 Å². The van der Waals surface area contributed by atoms with Crippen LogP contribution in [-0.4, -0.2) is 17.5 Å². The van der Waals surface area contributed by atoms with E-state index in [9.17, 15) is 9.59 Å². The van der Waals surface area contributed by atoms with Crippen LogP contribution in [0.15, 0.2) is 0 Å². The number of imide groups is 1. The van der Waals surface area contributed by atoms with E-state index in [0.29, 0.717) is 12.8 Å². The molecule has 0 aromatic rings. The lowest BCUT2D eigenvalue weighted by Crippen LogP contribution is -2.45. The zero-order chi connectivity index (χ0) is 8.48. The topological polar surface area (TPSA) is 60.3 Å². The Bertz CT molecular complexity index is 197. The molecule has 1 N–H and O–H groups in total. The van der Waals surface area contributed by atoms with E-state index in [1.807, 2.05) is 13.8 Å². The fourth-order valence-electron chi connectivity index (χ4n) is 1.21. The Hall–Kier alpha value is -1.06. The van der Waals surface area contributed by atoms with Gasteiger partial charge in [-0.2, -0.15) is 5.32 Å². The van der Waals surface area contributed by atoms with E-state index >= 15 is 0 Å². The average molecular weight is 155 g/mol. The number of nitrogens with zero attached hydrogens (tertiary/aromatic N) is 1. The summed E-state index contributed by atoms with van der Waals surface area (Å²) in [4.78, 5) is 21.8. The lowest BCUT2D eigenvalue weighted by atomic mass is 9.93. The number of rotatable bonds is 2. The van der Waals surface area contributed by atoms with Gasteiger partial charge in [-0.25, -0.2) is 4.79 Å². The zero-order valence-electron chi connectivity index (χ0n) is 6.68. The molecule has 0 aliphatic carbocycles. The first kappa shape index (κ1) is 8.04. The maximum Gasteiger partial charge on any atom is 0.345 e. The minimum Gasteiger partial charge on any atom is -0.322 e. The Morgan fingerprint density at radius 2 is 1.91 bits per heavy atom. The van der Waals surface area contributed by atoms with Crippen LogP contribution < -0.4 is 10.6 Å². The molecular formula is C7H11N2O2. The number of carbonyl (C=O) groups is 2. The normalized spacial score (nSPS) is 21.3. The van der Waals surface area contributed by atoms with Crippen molar-refractivity contribution < 1.29 is 9.59 Å². The van der Waals surface area contributed by atoms with E-state index in [0.717, 1.165) is 0 Å². The highest BCUT2D eigenvalue weighted by molar-refractivity contribution is 6.06. The molecule has 1 saturated heterocycles. The van der Waals surface area contributed by atoms with Gasteiger partial charge in [0.25, 0.3) is 5.91 Å². The quantitative estimate of drug-likeness (QED) is 0.587. The second-order valence-corrected chi connectivity index (χ2v) is 2.64. The molecule has 1 fully saturated rings. The first-order valence-electron chi connectivity index (χ1n) is 3.73. The lowest BCUT2D eigenvalue weighted by Gasteiger charge is -2.20. The molecule has 4 nitrogen and oxygen atoms in total. The maximum atomic E-state index is 11.1. The largest absolute Gasteiger partial charge is 0.345 e. The third-order valence-electron chi connectivity index (χ3n) is 2.17. The van der Waals surface area contributed by atoms with Crippen molar-refractivity contribution in [3.05, 3.63) is 0 Å². The predicted molar refractivity (Wildman–Crippen MR) is 39.0 cm³/mol. The smallest absolute Gasteiger partial charge is 0.322 e. The van der Waals surface area contributed by atoms with Crippen molar-refractivity contribution in [1.29, 1.82) is 0 Å². The molecule has 0 bridgehead atoms. The minimum absolute atomic E-state index is 0.326.